The highest BCUT2D eigenvalue weighted by Crippen LogP contribution is 2.37. The van der Waals surface area contributed by atoms with Gasteiger partial charge in [-0.15, -0.1) is 0 Å². The molecule has 0 heterocycles. The Bertz CT molecular complexity index is 623. The SMILES string of the molecule is O=[N+]([O-])c1ccccc1S(=O)(=O)NCC1(CO)CCCC1. The van der Waals surface area contributed by atoms with Gasteiger partial charge >= 0.3 is 0 Å². The van der Waals surface area contributed by atoms with Crippen molar-refractivity contribution in [3.05, 3.63) is 34.4 Å². The summed E-state index contributed by atoms with van der Waals surface area (Å²) in [6.45, 7) is 0.00425. The van der Waals surface area contributed by atoms with Crippen LogP contribution in [0, 0.1) is 15.5 Å². The molecule has 7 nitrogen and oxygen atoms in total. The van der Waals surface area contributed by atoms with Crippen molar-refractivity contribution < 1.29 is 18.4 Å². The maximum absolute atomic E-state index is 12.3. The van der Waals surface area contributed by atoms with E-state index in [1.807, 2.05) is 0 Å². The number of rotatable bonds is 6. The number of hydrogen-bond acceptors (Lipinski definition) is 5. The zero-order chi connectivity index (χ0) is 15.5. The second-order valence-electron chi connectivity index (χ2n) is 5.41. The number of hydrogen-bond donors (Lipinski definition) is 2. The molecule has 1 aliphatic rings. The van der Waals surface area contributed by atoms with E-state index in [0.717, 1.165) is 31.7 Å². The molecule has 0 amide bonds. The second-order valence-corrected chi connectivity index (χ2v) is 7.15. The number of aliphatic hydroxyl groups is 1. The topological polar surface area (TPSA) is 110 Å². The molecule has 2 N–H and O–H groups in total. The van der Waals surface area contributed by atoms with E-state index in [0.29, 0.717) is 0 Å². The van der Waals surface area contributed by atoms with Crippen LogP contribution in [0.1, 0.15) is 25.7 Å². The molecule has 1 aromatic rings. The summed E-state index contributed by atoms with van der Waals surface area (Å²) >= 11 is 0. The number of nitro benzene ring substituents is 1. The molecule has 1 aliphatic carbocycles. The van der Waals surface area contributed by atoms with Crippen molar-refractivity contribution in [3.8, 4) is 0 Å². The van der Waals surface area contributed by atoms with Crippen molar-refractivity contribution in [2.24, 2.45) is 5.41 Å². The van der Waals surface area contributed by atoms with Crippen molar-refractivity contribution in [1.82, 2.24) is 4.72 Å². The fourth-order valence-corrected chi connectivity index (χ4v) is 4.00. The van der Waals surface area contributed by atoms with Crippen LogP contribution in [-0.4, -0.2) is 31.6 Å². The number of aliphatic hydroxyl groups excluding tert-OH is 1. The van der Waals surface area contributed by atoms with Gasteiger partial charge in [0, 0.05) is 24.6 Å². The average molecular weight is 314 g/mol. The van der Waals surface area contributed by atoms with Crippen LogP contribution in [0.15, 0.2) is 29.2 Å². The van der Waals surface area contributed by atoms with Crippen LogP contribution in [0.2, 0.25) is 0 Å². The largest absolute Gasteiger partial charge is 0.396 e. The lowest BCUT2D eigenvalue weighted by molar-refractivity contribution is -0.387. The van der Waals surface area contributed by atoms with Gasteiger partial charge in [0.2, 0.25) is 10.0 Å². The van der Waals surface area contributed by atoms with Gasteiger partial charge in [0.15, 0.2) is 4.90 Å². The number of nitrogens with zero attached hydrogens (tertiary/aromatic N) is 1. The van der Waals surface area contributed by atoms with Crippen molar-refractivity contribution in [2.45, 2.75) is 30.6 Å². The second kappa shape index (κ2) is 6.08. The van der Waals surface area contributed by atoms with Crippen LogP contribution >= 0.6 is 0 Å². The minimum absolute atomic E-state index is 0.0909. The number of nitro groups is 1. The molecule has 0 atom stereocenters. The van der Waals surface area contributed by atoms with Gasteiger partial charge in [-0.3, -0.25) is 10.1 Å². The Morgan fingerprint density at radius 3 is 2.48 bits per heavy atom. The van der Waals surface area contributed by atoms with E-state index in [-0.39, 0.29) is 18.0 Å². The predicted molar refractivity (Wildman–Crippen MR) is 76.3 cm³/mol. The Morgan fingerprint density at radius 2 is 1.90 bits per heavy atom. The summed E-state index contributed by atoms with van der Waals surface area (Å²) in [5.41, 5.74) is -0.897. The highest BCUT2D eigenvalue weighted by molar-refractivity contribution is 7.89. The van der Waals surface area contributed by atoms with Crippen molar-refractivity contribution in [3.63, 3.8) is 0 Å². The first kappa shape index (κ1) is 15.9. The van der Waals surface area contributed by atoms with Crippen LogP contribution in [0.4, 0.5) is 5.69 Å². The van der Waals surface area contributed by atoms with Crippen molar-refractivity contribution in [1.29, 1.82) is 0 Å². The van der Waals surface area contributed by atoms with E-state index in [2.05, 4.69) is 4.72 Å². The van der Waals surface area contributed by atoms with Crippen LogP contribution in [0.3, 0.4) is 0 Å². The van der Waals surface area contributed by atoms with E-state index in [9.17, 15) is 23.6 Å². The molecule has 8 heteroatoms. The van der Waals surface area contributed by atoms with Crippen molar-refractivity contribution in [2.75, 3.05) is 13.2 Å². The van der Waals surface area contributed by atoms with Gasteiger partial charge in [-0.1, -0.05) is 25.0 Å². The monoisotopic (exact) mass is 314 g/mol. The smallest absolute Gasteiger partial charge is 0.289 e. The van der Waals surface area contributed by atoms with Gasteiger partial charge < -0.3 is 5.11 Å². The summed E-state index contributed by atoms with van der Waals surface area (Å²) in [7, 11) is -3.97. The van der Waals surface area contributed by atoms with E-state index >= 15 is 0 Å². The average Bonchev–Trinajstić information content (AvgIpc) is 2.95. The number of benzene rings is 1. The Morgan fingerprint density at radius 1 is 1.29 bits per heavy atom. The minimum Gasteiger partial charge on any atom is -0.396 e. The normalized spacial score (nSPS) is 17.8. The molecule has 0 aliphatic heterocycles. The lowest BCUT2D eigenvalue weighted by Crippen LogP contribution is -2.38. The summed E-state index contributed by atoms with van der Waals surface area (Å²) in [5, 5.41) is 20.4. The summed E-state index contributed by atoms with van der Waals surface area (Å²) < 4.78 is 27.0. The molecule has 0 spiro atoms. The third-order valence-electron chi connectivity index (χ3n) is 3.99. The zero-order valence-electron chi connectivity index (χ0n) is 11.5. The minimum atomic E-state index is -3.97. The molecular weight excluding hydrogens is 296 g/mol. The number of sulfonamides is 1. The molecule has 2 rings (SSSR count). The maximum Gasteiger partial charge on any atom is 0.289 e. The first-order chi connectivity index (χ1) is 9.90. The van der Waals surface area contributed by atoms with Gasteiger partial charge in [0.25, 0.3) is 5.69 Å². The molecule has 0 unspecified atom stereocenters. The van der Waals surface area contributed by atoms with Crippen molar-refractivity contribution >= 4 is 15.7 Å². The predicted octanol–water partition coefficient (Wildman–Crippen LogP) is 1.43. The van der Waals surface area contributed by atoms with E-state index in [1.165, 1.54) is 18.2 Å². The Balaban J connectivity index is 2.21. The van der Waals surface area contributed by atoms with Gasteiger partial charge in [-0.25, -0.2) is 13.1 Å². The first-order valence-corrected chi connectivity index (χ1v) is 8.22. The quantitative estimate of drug-likeness (QED) is 0.609. The van der Waals surface area contributed by atoms with Crippen LogP contribution in [-0.2, 0) is 10.0 Å². The van der Waals surface area contributed by atoms with Gasteiger partial charge in [-0.05, 0) is 18.9 Å². The van der Waals surface area contributed by atoms with E-state index in [1.54, 1.807) is 0 Å². The third kappa shape index (κ3) is 3.39. The van der Waals surface area contributed by atoms with Crippen LogP contribution in [0.25, 0.3) is 0 Å². The molecule has 0 aromatic heterocycles. The molecule has 0 saturated heterocycles. The Labute approximate surface area is 123 Å². The molecule has 0 radical (unpaired) electrons. The lowest BCUT2D eigenvalue weighted by atomic mass is 9.88. The molecular formula is C13H18N2O5S. The third-order valence-corrected chi connectivity index (χ3v) is 5.44. The van der Waals surface area contributed by atoms with E-state index < -0.39 is 26.0 Å². The van der Waals surface area contributed by atoms with E-state index in [4.69, 9.17) is 0 Å². The van der Waals surface area contributed by atoms with Crippen LogP contribution < -0.4 is 4.72 Å². The molecule has 1 fully saturated rings. The Kier molecular flexibility index (Phi) is 4.60. The Hall–Kier alpha value is -1.51. The summed E-state index contributed by atoms with van der Waals surface area (Å²) in [5.74, 6) is 0. The highest BCUT2D eigenvalue weighted by atomic mass is 32.2. The zero-order valence-corrected chi connectivity index (χ0v) is 12.3. The molecule has 21 heavy (non-hydrogen) atoms. The number of nitrogens with one attached hydrogen (secondary N) is 1. The summed E-state index contributed by atoms with van der Waals surface area (Å²) in [6, 6.07) is 5.23. The van der Waals surface area contributed by atoms with Gasteiger partial charge in [0.1, 0.15) is 0 Å². The molecule has 116 valence electrons. The fourth-order valence-electron chi connectivity index (χ4n) is 2.68. The number of para-hydroxylation sites is 1. The lowest BCUT2D eigenvalue weighted by Gasteiger charge is -2.26. The first-order valence-electron chi connectivity index (χ1n) is 6.74. The fraction of sp³-hybridized carbons (Fsp3) is 0.538. The maximum atomic E-state index is 12.3. The van der Waals surface area contributed by atoms with Gasteiger partial charge in [-0.2, -0.15) is 0 Å². The molecule has 0 bridgehead atoms. The standard InChI is InChI=1S/C13H18N2O5S/c16-10-13(7-3-4-8-13)9-14-21(19,20)12-6-2-1-5-11(12)15(17)18/h1-2,5-6,14,16H,3-4,7-10H2. The van der Waals surface area contributed by atoms with Crippen LogP contribution in [0.5, 0.6) is 0 Å². The molecule has 1 aromatic carbocycles. The molecule has 1 saturated carbocycles. The highest BCUT2D eigenvalue weighted by Gasteiger charge is 2.35. The summed E-state index contributed by atoms with van der Waals surface area (Å²) in [6.07, 6.45) is 3.41. The summed E-state index contributed by atoms with van der Waals surface area (Å²) in [4.78, 5) is 9.86. The van der Waals surface area contributed by atoms with Gasteiger partial charge in [0.05, 0.1) is 4.92 Å².